The van der Waals surface area contributed by atoms with Crippen LogP contribution < -0.4 is 15.4 Å². The highest BCUT2D eigenvalue weighted by atomic mass is 127. The van der Waals surface area contributed by atoms with Crippen LogP contribution >= 0.6 is 24.0 Å². The van der Waals surface area contributed by atoms with Gasteiger partial charge in [-0.3, -0.25) is 4.99 Å². The van der Waals surface area contributed by atoms with Crippen LogP contribution in [0, 0.1) is 0 Å². The highest BCUT2D eigenvalue weighted by Gasteiger charge is 2.15. The fraction of sp³-hybridized carbons (Fsp3) is 0.611. The second-order valence-corrected chi connectivity index (χ2v) is 5.84. The molecular weight excluding hydrogens is 415 g/mol. The van der Waals surface area contributed by atoms with Crippen LogP contribution in [0.3, 0.4) is 0 Å². The molecule has 0 aliphatic carbocycles. The molecule has 0 heterocycles. The standard InChI is InChI=1S/C18H32N4O.HI/c1-6-7-8-12-20-18(19-2)21-14-17(22(3)4)15-10-9-11-16(13-15)23-5;/h9-11,13,17H,6-8,12,14H2,1-5H3,(H2,19,20,21);1H. The summed E-state index contributed by atoms with van der Waals surface area (Å²) in [6.45, 7) is 3.95. The number of unbranched alkanes of at least 4 members (excludes halogenated alkanes) is 2. The Balaban J connectivity index is 0.00000529. The van der Waals surface area contributed by atoms with Crippen LogP contribution in [0.5, 0.6) is 5.75 Å². The number of ether oxygens (including phenoxy) is 1. The molecule has 2 N–H and O–H groups in total. The molecule has 1 rings (SSSR count). The Hall–Kier alpha value is -1.02. The van der Waals surface area contributed by atoms with Crippen LogP contribution in [-0.4, -0.2) is 52.2 Å². The molecule has 0 amide bonds. The van der Waals surface area contributed by atoms with E-state index in [-0.39, 0.29) is 30.0 Å². The summed E-state index contributed by atoms with van der Waals surface area (Å²) in [7, 11) is 7.68. The highest BCUT2D eigenvalue weighted by Crippen LogP contribution is 2.21. The molecule has 0 saturated carbocycles. The van der Waals surface area contributed by atoms with Crippen molar-refractivity contribution in [1.29, 1.82) is 0 Å². The molecule has 0 saturated heterocycles. The zero-order valence-corrected chi connectivity index (χ0v) is 18.0. The molecule has 6 heteroatoms. The lowest BCUT2D eigenvalue weighted by atomic mass is 10.1. The van der Waals surface area contributed by atoms with Gasteiger partial charge in [0.2, 0.25) is 0 Å². The van der Waals surface area contributed by atoms with Crippen LogP contribution in [0.4, 0.5) is 0 Å². The lowest BCUT2D eigenvalue weighted by Crippen LogP contribution is -2.42. The first-order valence-electron chi connectivity index (χ1n) is 8.37. The van der Waals surface area contributed by atoms with Crippen molar-refractivity contribution in [3.05, 3.63) is 29.8 Å². The summed E-state index contributed by atoms with van der Waals surface area (Å²) < 4.78 is 5.33. The van der Waals surface area contributed by atoms with Crippen molar-refractivity contribution >= 4 is 29.9 Å². The van der Waals surface area contributed by atoms with Crippen molar-refractivity contribution in [2.75, 3.05) is 41.3 Å². The number of benzene rings is 1. The number of hydrogen-bond acceptors (Lipinski definition) is 3. The molecule has 1 aromatic carbocycles. The normalized spacial score (nSPS) is 12.5. The van der Waals surface area contributed by atoms with E-state index in [1.165, 1.54) is 24.8 Å². The minimum atomic E-state index is 0. The second-order valence-electron chi connectivity index (χ2n) is 5.84. The maximum absolute atomic E-state index is 5.33. The number of halogens is 1. The first-order chi connectivity index (χ1) is 11.1. The smallest absolute Gasteiger partial charge is 0.191 e. The molecule has 0 aliphatic rings. The predicted octanol–water partition coefficient (Wildman–Crippen LogP) is 3.27. The highest BCUT2D eigenvalue weighted by molar-refractivity contribution is 14.0. The summed E-state index contributed by atoms with van der Waals surface area (Å²) in [5, 5.41) is 6.79. The van der Waals surface area contributed by atoms with Gasteiger partial charge >= 0.3 is 0 Å². The number of nitrogens with one attached hydrogen (secondary N) is 2. The number of hydrogen-bond donors (Lipinski definition) is 2. The molecule has 1 unspecified atom stereocenters. The Morgan fingerprint density at radius 1 is 1.25 bits per heavy atom. The fourth-order valence-electron chi connectivity index (χ4n) is 2.44. The number of rotatable bonds is 9. The SMILES string of the molecule is CCCCCNC(=NC)NCC(c1cccc(OC)c1)N(C)C.I. The zero-order chi connectivity index (χ0) is 17.1. The van der Waals surface area contributed by atoms with Crippen molar-refractivity contribution in [2.24, 2.45) is 4.99 Å². The molecule has 1 aromatic rings. The lowest BCUT2D eigenvalue weighted by molar-refractivity contribution is 0.297. The van der Waals surface area contributed by atoms with Gasteiger partial charge in [-0.15, -0.1) is 24.0 Å². The van der Waals surface area contributed by atoms with Gasteiger partial charge in [0.25, 0.3) is 0 Å². The molecule has 0 fully saturated rings. The van der Waals surface area contributed by atoms with Gasteiger partial charge in [-0.05, 0) is 38.2 Å². The maximum atomic E-state index is 5.33. The average Bonchev–Trinajstić information content (AvgIpc) is 2.56. The molecule has 0 spiro atoms. The molecule has 0 bridgehead atoms. The monoisotopic (exact) mass is 448 g/mol. The van der Waals surface area contributed by atoms with Gasteiger partial charge in [0, 0.05) is 20.1 Å². The summed E-state index contributed by atoms with van der Waals surface area (Å²) in [5.74, 6) is 1.74. The Kier molecular flexibility index (Phi) is 12.7. The minimum Gasteiger partial charge on any atom is -0.497 e. The Bertz CT molecular complexity index is 480. The van der Waals surface area contributed by atoms with E-state index in [2.05, 4.69) is 53.7 Å². The largest absolute Gasteiger partial charge is 0.497 e. The lowest BCUT2D eigenvalue weighted by Gasteiger charge is -2.26. The van der Waals surface area contributed by atoms with E-state index in [1.807, 2.05) is 19.2 Å². The predicted molar refractivity (Wildman–Crippen MR) is 114 cm³/mol. The first kappa shape index (κ1) is 23.0. The zero-order valence-electron chi connectivity index (χ0n) is 15.6. The number of guanidine groups is 1. The van der Waals surface area contributed by atoms with Gasteiger partial charge in [-0.2, -0.15) is 0 Å². The van der Waals surface area contributed by atoms with Crippen LogP contribution in [0.2, 0.25) is 0 Å². The molecule has 5 nitrogen and oxygen atoms in total. The van der Waals surface area contributed by atoms with E-state index in [9.17, 15) is 0 Å². The van der Waals surface area contributed by atoms with Gasteiger partial charge < -0.3 is 20.3 Å². The summed E-state index contributed by atoms with van der Waals surface area (Å²) in [4.78, 5) is 6.50. The van der Waals surface area contributed by atoms with E-state index >= 15 is 0 Å². The second kappa shape index (κ2) is 13.3. The Morgan fingerprint density at radius 3 is 2.58 bits per heavy atom. The van der Waals surface area contributed by atoms with Gasteiger partial charge in [-0.1, -0.05) is 31.9 Å². The third-order valence-electron chi connectivity index (χ3n) is 3.86. The summed E-state index contributed by atoms with van der Waals surface area (Å²) in [6, 6.07) is 8.47. The molecular formula is C18H33IN4O. The van der Waals surface area contributed by atoms with E-state index in [0.717, 1.165) is 24.8 Å². The molecule has 0 aromatic heterocycles. The van der Waals surface area contributed by atoms with Crippen LogP contribution in [-0.2, 0) is 0 Å². The maximum Gasteiger partial charge on any atom is 0.191 e. The number of nitrogens with zero attached hydrogens (tertiary/aromatic N) is 2. The van der Waals surface area contributed by atoms with Gasteiger partial charge in [-0.25, -0.2) is 0 Å². The van der Waals surface area contributed by atoms with Crippen LogP contribution in [0.15, 0.2) is 29.3 Å². The average molecular weight is 448 g/mol. The van der Waals surface area contributed by atoms with Crippen molar-refractivity contribution in [3.63, 3.8) is 0 Å². The van der Waals surface area contributed by atoms with Gasteiger partial charge in [0.15, 0.2) is 5.96 Å². The minimum absolute atomic E-state index is 0. The van der Waals surface area contributed by atoms with Crippen molar-refractivity contribution in [1.82, 2.24) is 15.5 Å². The fourth-order valence-corrected chi connectivity index (χ4v) is 2.44. The Morgan fingerprint density at radius 2 is 2.00 bits per heavy atom. The van der Waals surface area contributed by atoms with E-state index in [4.69, 9.17) is 4.74 Å². The molecule has 0 radical (unpaired) electrons. The van der Waals surface area contributed by atoms with Crippen LogP contribution in [0.1, 0.15) is 37.8 Å². The molecule has 24 heavy (non-hydrogen) atoms. The summed E-state index contributed by atoms with van der Waals surface area (Å²) in [6.07, 6.45) is 3.64. The van der Waals surface area contributed by atoms with Crippen molar-refractivity contribution in [3.8, 4) is 5.75 Å². The van der Waals surface area contributed by atoms with Gasteiger partial charge in [0.05, 0.1) is 13.2 Å². The first-order valence-corrected chi connectivity index (χ1v) is 8.37. The molecule has 138 valence electrons. The number of likely N-dealkylation sites (N-methyl/N-ethyl adjacent to an activating group) is 1. The van der Waals surface area contributed by atoms with Crippen molar-refractivity contribution in [2.45, 2.75) is 32.2 Å². The molecule has 0 aliphatic heterocycles. The Labute approximate surface area is 164 Å². The van der Waals surface area contributed by atoms with Gasteiger partial charge in [0.1, 0.15) is 5.75 Å². The van der Waals surface area contributed by atoms with Crippen LogP contribution in [0.25, 0.3) is 0 Å². The number of methoxy groups -OCH3 is 1. The van der Waals surface area contributed by atoms with E-state index in [0.29, 0.717) is 0 Å². The van der Waals surface area contributed by atoms with E-state index in [1.54, 1.807) is 7.11 Å². The van der Waals surface area contributed by atoms with Crippen molar-refractivity contribution < 1.29 is 4.74 Å². The molecule has 1 atom stereocenters. The third-order valence-corrected chi connectivity index (χ3v) is 3.86. The topological polar surface area (TPSA) is 48.9 Å². The van der Waals surface area contributed by atoms with E-state index < -0.39 is 0 Å². The third kappa shape index (κ3) is 8.19. The summed E-state index contributed by atoms with van der Waals surface area (Å²) in [5.41, 5.74) is 1.23. The number of aliphatic imine (C=N–C) groups is 1. The quantitative estimate of drug-likeness (QED) is 0.264. The summed E-state index contributed by atoms with van der Waals surface area (Å²) >= 11 is 0.